The van der Waals surface area contributed by atoms with Gasteiger partial charge in [-0.15, -0.1) is 0 Å². The molecule has 1 aromatic carbocycles. The van der Waals surface area contributed by atoms with Crippen molar-refractivity contribution in [3.05, 3.63) is 35.9 Å². The van der Waals surface area contributed by atoms with Crippen molar-refractivity contribution in [3.8, 4) is 0 Å². The van der Waals surface area contributed by atoms with Gasteiger partial charge in [0.1, 0.15) is 6.04 Å². The zero-order valence-corrected chi connectivity index (χ0v) is 8.59. The molecule has 0 spiro atoms. The molecule has 1 fully saturated rings. The predicted molar refractivity (Wildman–Crippen MR) is 56.8 cm³/mol. The summed E-state index contributed by atoms with van der Waals surface area (Å²) in [5.74, 6) is -0.978. The molecule has 0 aromatic heterocycles. The number of carbonyl (C=O) groups excluding carboxylic acids is 1. The Balaban J connectivity index is 2.13. The van der Waals surface area contributed by atoms with Crippen LogP contribution in [0.5, 0.6) is 0 Å². The van der Waals surface area contributed by atoms with E-state index in [0.717, 1.165) is 5.56 Å². The first-order valence-electron chi connectivity index (χ1n) is 4.99. The Labute approximate surface area is 92.7 Å². The van der Waals surface area contributed by atoms with Gasteiger partial charge < -0.3 is 15.3 Å². The van der Waals surface area contributed by atoms with Crippen LogP contribution in [0.15, 0.2) is 30.3 Å². The van der Waals surface area contributed by atoms with Crippen LogP contribution < -0.4 is 5.32 Å². The molecule has 84 valence electrons. The maximum Gasteiger partial charge on any atom is 0.328 e. The fraction of sp³-hybridized carbons (Fsp3) is 0.273. The number of hydrogen-bond donors (Lipinski definition) is 2. The van der Waals surface area contributed by atoms with E-state index in [0.29, 0.717) is 6.54 Å². The summed E-state index contributed by atoms with van der Waals surface area (Å²) >= 11 is 0. The Hall–Kier alpha value is -2.04. The van der Waals surface area contributed by atoms with E-state index in [-0.39, 0.29) is 12.6 Å². The van der Waals surface area contributed by atoms with Crippen LogP contribution in [-0.4, -0.2) is 34.6 Å². The molecule has 16 heavy (non-hydrogen) atoms. The van der Waals surface area contributed by atoms with Crippen molar-refractivity contribution in [1.82, 2.24) is 10.2 Å². The summed E-state index contributed by atoms with van der Waals surface area (Å²) in [6.45, 7) is 0.491. The first-order valence-corrected chi connectivity index (χ1v) is 4.99. The minimum Gasteiger partial charge on any atom is -0.480 e. The standard InChI is InChI=1S/C11H12N2O3/c14-10(15)9-6-12-11(16)13(9)7-8-4-2-1-3-5-8/h1-5,9H,6-7H2,(H,12,16)(H,14,15). The number of benzene rings is 1. The first-order chi connectivity index (χ1) is 7.68. The average Bonchev–Trinajstić information content (AvgIpc) is 2.62. The van der Waals surface area contributed by atoms with Crippen LogP contribution >= 0.6 is 0 Å². The van der Waals surface area contributed by atoms with Crippen molar-refractivity contribution in [3.63, 3.8) is 0 Å². The van der Waals surface area contributed by atoms with E-state index in [1.165, 1.54) is 4.90 Å². The third-order valence-electron chi connectivity index (χ3n) is 2.56. The SMILES string of the molecule is O=C(O)C1CNC(=O)N1Cc1ccccc1. The van der Waals surface area contributed by atoms with Gasteiger partial charge in [-0.3, -0.25) is 0 Å². The van der Waals surface area contributed by atoms with Crippen molar-refractivity contribution in [2.75, 3.05) is 6.54 Å². The molecule has 0 bridgehead atoms. The van der Waals surface area contributed by atoms with Gasteiger partial charge >= 0.3 is 12.0 Å². The number of carboxylic acid groups (broad SMARTS) is 1. The minimum atomic E-state index is -0.978. The summed E-state index contributed by atoms with van der Waals surface area (Å²) < 4.78 is 0. The zero-order valence-electron chi connectivity index (χ0n) is 8.59. The molecule has 2 rings (SSSR count). The largest absolute Gasteiger partial charge is 0.480 e. The summed E-state index contributed by atoms with van der Waals surface area (Å²) in [6.07, 6.45) is 0. The van der Waals surface area contributed by atoms with E-state index in [4.69, 9.17) is 5.11 Å². The number of rotatable bonds is 3. The number of nitrogens with zero attached hydrogens (tertiary/aromatic N) is 1. The van der Waals surface area contributed by atoms with Gasteiger partial charge in [0.15, 0.2) is 0 Å². The molecule has 2 N–H and O–H groups in total. The number of amides is 2. The summed E-state index contributed by atoms with van der Waals surface area (Å²) in [5, 5.41) is 11.5. The smallest absolute Gasteiger partial charge is 0.328 e. The molecule has 1 heterocycles. The molecular formula is C11H12N2O3. The molecule has 1 aliphatic rings. The molecular weight excluding hydrogens is 208 g/mol. The second-order valence-corrected chi connectivity index (χ2v) is 3.65. The maximum atomic E-state index is 11.4. The highest BCUT2D eigenvalue weighted by atomic mass is 16.4. The second kappa shape index (κ2) is 4.22. The van der Waals surface area contributed by atoms with Gasteiger partial charge in [0.2, 0.25) is 0 Å². The quantitative estimate of drug-likeness (QED) is 0.786. The van der Waals surface area contributed by atoms with E-state index in [1.54, 1.807) is 0 Å². The van der Waals surface area contributed by atoms with Gasteiger partial charge in [0.05, 0.1) is 6.54 Å². The number of hydrogen-bond acceptors (Lipinski definition) is 2. The highest BCUT2D eigenvalue weighted by molar-refractivity contribution is 5.86. The summed E-state index contributed by atoms with van der Waals surface area (Å²) in [4.78, 5) is 23.7. The van der Waals surface area contributed by atoms with Crippen molar-refractivity contribution in [2.24, 2.45) is 0 Å². The molecule has 0 saturated carbocycles. The highest BCUT2D eigenvalue weighted by Gasteiger charge is 2.35. The molecule has 1 saturated heterocycles. The molecule has 5 nitrogen and oxygen atoms in total. The first kappa shape index (κ1) is 10.5. The number of carboxylic acids is 1. The molecule has 1 aromatic rings. The fourth-order valence-corrected chi connectivity index (χ4v) is 1.72. The number of nitrogens with one attached hydrogen (secondary N) is 1. The summed E-state index contributed by atoms with van der Waals surface area (Å²) in [5.41, 5.74) is 0.922. The third kappa shape index (κ3) is 1.98. The lowest BCUT2D eigenvalue weighted by atomic mass is 10.2. The van der Waals surface area contributed by atoms with Crippen LogP contribution in [0.2, 0.25) is 0 Å². The van der Waals surface area contributed by atoms with E-state index in [1.807, 2.05) is 30.3 Å². The molecule has 2 amide bonds. The molecule has 0 aliphatic carbocycles. The van der Waals surface area contributed by atoms with E-state index >= 15 is 0 Å². The predicted octanol–water partition coefficient (Wildman–Crippen LogP) is 0.665. The van der Waals surface area contributed by atoms with Gasteiger partial charge in [-0.25, -0.2) is 9.59 Å². The van der Waals surface area contributed by atoms with E-state index < -0.39 is 12.0 Å². The third-order valence-corrected chi connectivity index (χ3v) is 2.56. The maximum absolute atomic E-state index is 11.4. The lowest BCUT2D eigenvalue weighted by Gasteiger charge is -2.19. The minimum absolute atomic E-state index is 0.168. The van der Waals surface area contributed by atoms with Crippen LogP contribution in [0, 0.1) is 0 Å². The van der Waals surface area contributed by atoms with Crippen LogP contribution in [0.4, 0.5) is 4.79 Å². The van der Waals surface area contributed by atoms with Gasteiger partial charge in [-0.2, -0.15) is 0 Å². The second-order valence-electron chi connectivity index (χ2n) is 3.65. The average molecular weight is 220 g/mol. The van der Waals surface area contributed by atoms with Crippen LogP contribution in [0.25, 0.3) is 0 Å². The Morgan fingerprint density at radius 2 is 2.12 bits per heavy atom. The van der Waals surface area contributed by atoms with E-state index in [2.05, 4.69) is 5.32 Å². The topological polar surface area (TPSA) is 69.6 Å². The number of urea groups is 1. The van der Waals surface area contributed by atoms with Crippen molar-refractivity contribution in [1.29, 1.82) is 0 Å². The zero-order chi connectivity index (χ0) is 11.5. The lowest BCUT2D eigenvalue weighted by molar-refractivity contribution is -0.141. The van der Waals surface area contributed by atoms with Crippen molar-refractivity contribution in [2.45, 2.75) is 12.6 Å². The monoisotopic (exact) mass is 220 g/mol. The normalized spacial score (nSPS) is 19.6. The van der Waals surface area contributed by atoms with Crippen LogP contribution in [-0.2, 0) is 11.3 Å². The molecule has 1 unspecified atom stereocenters. The van der Waals surface area contributed by atoms with Crippen LogP contribution in [0.1, 0.15) is 5.56 Å². The fourth-order valence-electron chi connectivity index (χ4n) is 1.72. The van der Waals surface area contributed by atoms with Gasteiger partial charge in [0.25, 0.3) is 0 Å². The number of carbonyl (C=O) groups is 2. The Morgan fingerprint density at radius 1 is 1.44 bits per heavy atom. The molecule has 1 aliphatic heterocycles. The van der Waals surface area contributed by atoms with Gasteiger partial charge in [0, 0.05) is 6.54 Å². The van der Waals surface area contributed by atoms with Crippen molar-refractivity contribution < 1.29 is 14.7 Å². The van der Waals surface area contributed by atoms with Crippen LogP contribution in [0.3, 0.4) is 0 Å². The Morgan fingerprint density at radius 3 is 2.75 bits per heavy atom. The van der Waals surface area contributed by atoms with Gasteiger partial charge in [-0.05, 0) is 5.56 Å². The van der Waals surface area contributed by atoms with Gasteiger partial charge in [-0.1, -0.05) is 30.3 Å². The van der Waals surface area contributed by atoms with E-state index in [9.17, 15) is 9.59 Å². The number of aliphatic carboxylic acids is 1. The Bertz CT molecular complexity index is 405. The lowest BCUT2D eigenvalue weighted by Crippen LogP contribution is -2.38. The summed E-state index contributed by atoms with van der Waals surface area (Å²) in [6, 6.07) is 8.24. The molecule has 5 heteroatoms. The van der Waals surface area contributed by atoms with Crippen molar-refractivity contribution >= 4 is 12.0 Å². The Kier molecular flexibility index (Phi) is 2.76. The highest BCUT2D eigenvalue weighted by Crippen LogP contribution is 2.12. The summed E-state index contributed by atoms with van der Waals surface area (Å²) in [7, 11) is 0. The molecule has 1 atom stereocenters. The molecule has 0 radical (unpaired) electrons.